The van der Waals surface area contributed by atoms with Crippen LogP contribution in [0.1, 0.15) is 17.8 Å². The standard InChI is InChI=1S/C14H14ClNO2S/c1-2-18-14(17)13(12-8-5-9-19-12)16-11-7-4-3-6-10(11)15/h3-9,13,16H,2H2,1H3. The highest BCUT2D eigenvalue weighted by molar-refractivity contribution is 7.10. The molecule has 100 valence electrons. The van der Waals surface area contributed by atoms with Crippen LogP contribution in [0.15, 0.2) is 41.8 Å². The van der Waals surface area contributed by atoms with Gasteiger partial charge < -0.3 is 10.1 Å². The van der Waals surface area contributed by atoms with Crippen molar-refractivity contribution in [2.24, 2.45) is 0 Å². The van der Waals surface area contributed by atoms with Gasteiger partial charge in [-0.25, -0.2) is 4.79 Å². The van der Waals surface area contributed by atoms with Gasteiger partial charge in [0, 0.05) is 4.88 Å². The van der Waals surface area contributed by atoms with Crippen molar-refractivity contribution in [1.29, 1.82) is 0 Å². The number of nitrogens with one attached hydrogen (secondary N) is 1. The molecule has 0 radical (unpaired) electrons. The lowest BCUT2D eigenvalue weighted by Crippen LogP contribution is -2.22. The van der Waals surface area contributed by atoms with E-state index in [0.717, 1.165) is 10.6 Å². The Labute approximate surface area is 121 Å². The molecule has 1 aromatic carbocycles. The molecule has 2 rings (SSSR count). The second-order valence-electron chi connectivity index (χ2n) is 3.82. The fraction of sp³-hybridized carbons (Fsp3) is 0.214. The van der Waals surface area contributed by atoms with E-state index in [1.54, 1.807) is 13.0 Å². The van der Waals surface area contributed by atoms with Crippen molar-refractivity contribution < 1.29 is 9.53 Å². The second-order valence-corrected chi connectivity index (χ2v) is 5.21. The first kappa shape index (κ1) is 13.9. The minimum absolute atomic E-state index is 0.301. The summed E-state index contributed by atoms with van der Waals surface area (Å²) in [4.78, 5) is 12.9. The van der Waals surface area contributed by atoms with Crippen LogP contribution >= 0.6 is 22.9 Å². The predicted octanol–water partition coefficient (Wildman–Crippen LogP) is 4.12. The third-order valence-corrected chi connectivity index (χ3v) is 3.79. The number of hydrogen-bond acceptors (Lipinski definition) is 4. The third-order valence-electron chi connectivity index (χ3n) is 2.52. The van der Waals surface area contributed by atoms with Gasteiger partial charge in [0.15, 0.2) is 6.04 Å². The van der Waals surface area contributed by atoms with E-state index in [1.807, 2.05) is 35.7 Å². The summed E-state index contributed by atoms with van der Waals surface area (Å²) >= 11 is 7.60. The molecule has 0 amide bonds. The zero-order valence-corrected chi connectivity index (χ0v) is 12.0. The Morgan fingerprint density at radius 3 is 2.79 bits per heavy atom. The number of halogens is 1. The molecule has 5 heteroatoms. The molecule has 1 heterocycles. The van der Waals surface area contributed by atoms with E-state index in [0.29, 0.717) is 11.6 Å². The molecule has 1 atom stereocenters. The molecule has 1 N–H and O–H groups in total. The Hall–Kier alpha value is -1.52. The van der Waals surface area contributed by atoms with Gasteiger partial charge in [0.25, 0.3) is 0 Å². The number of carbonyl (C=O) groups excluding carboxylic acids is 1. The first-order valence-corrected chi connectivity index (χ1v) is 7.19. The van der Waals surface area contributed by atoms with Crippen LogP contribution in [0.4, 0.5) is 5.69 Å². The molecule has 0 aliphatic heterocycles. The van der Waals surface area contributed by atoms with Gasteiger partial charge in [0.05, 0.1) is 17.3 Å². The van der Waals surface area contributed by atoms with Crippen LogP contribution < -0.4 is 5.32 Å². The molecule has 0 saturated carbocycles. The van der Waals surface area contributed by atoms with Gasteiger partial charge in [0.2, 0.25) is 0 Å². The molecule has 1 unspecified atom stereocenters. The first-order chi connectivity index (χ1) is 9.22. The van der Waals surface area contributed by atoms with Gasteiger partial charge >= 0.3 is 5.97 Å². The number of thiophene rings is 1. The quantitative estimate of drug-likeness (QED) is 0.843. The van der Waals surface area contributed by atoms with Crippen LogP contribution in [0.5, 0.6) is 0 Å². The monoisotopic (exact) mass is 295 g/mol. The van der Waals surface area contributed by atoms with Crippen LogP contribution in [-0.2, 0) is 9.53 Å². The Balaban J connectivity index is 2.24. The molecule has 3 nitrogen and oxygen atoms in total. The third kappa shape index (κ3) is 3.49. The summed E-state index contributed by atoms with van der Waals surface area (Å²) in [6.45, 7) is 2.14. The number of esters is 1. The normalized spacial score (nSPS) is 11.9. The maximum Gasteiger partial charge on any atom is 0.334 e. The van der Waals surface area contributed by atoms with Crippen molar-refractivity contribution >= 4 is 34.6 Å². The van der Waals surface area contributed by atoms with Crippen molar-refractivity contribution in [2.45, 2.75) is 13.0 Å². The SMILES string of the molecule is CCOC(=O)C(Nc1ccccc1Cl)c1cccs1. The predicted molar refractivity (Wildman–Crippen MR) is 78.8 cm³/mol. The smallest absolute Gasteiger partial charge is 0.334 e. The fourth-order valence-corrected chi connectivity index (χ4v) is 2.61. The van der Waals surface area contributed by atoms with Crippen LogP contribution in [0.25, 0.3) is 0 Å². The summed E-state index contributed by atoms with van der Waals surface area (Å²) in [5, 5.41) is 5.64. The minimum atomic E-state index is -0.528. The molecular weight excluding hydrogens is 282 g/mol. The zero-order chi connectivity index (χ0) is 13.7. The van der Waals surface area contributed by atoms with Gasteiger partial charge in [0.1, 0.15) is 0 Å². The van der Waals surface area contributed by atoms with Crippen LogP contribution in [0.3, 0.4) is 0 Å². The van der Waals surface area contributed by atoms with Gasteiger partial charge in [-0.2, -0.15) is 0 Å². The lowest BCUT2D eigenvalue weighted by molar-refractivity contribution is -0.144. The van der Waals surface area contributed by atoms with E-state index < -0.39 is 6.04 Å². The van der Waals surface area contributed by atoms with Gasteiger partial charge in [-0.3, -0.25) is 0 Å². The maximum atomic E-state index is 12.0. The van der Waals surface area contributed by atoms with Crippen molar-refractivity contribution in [2.75, 3.05) is 11.9 Å². The number of rotatable bonds is 5. The first-order valence-electron chi connectivity index (χ1n) is 5.93. The number of anilines is 1. The van der Waals surface area contributed by atoms with Crippen molar-refractivity contribution in [3.63, 3.8) is 0 Å². The van der Waals surface area contributed by atoms with Crippen molar-refractivity contribution in [1.82, 2.24) is 0 Å². The molecule has 0 bridgehead atoms. The van der Waals surface area contributed by atoms with E-state index in [4.69, 9.17) is 16.3 Å². The molecule has 0 fully saturated rings. The van der Waals surface area contributed by atoms with Crippen LogP contribution in [0, 0.1) is 0 Å². The summed E-state index contributed by atoms with van der Waals surface area (Å²) in [7, 11) is 0. The van der Waals surface area contributed by atoms with Crippen LogP contribution in [-0.4, -0.2) is 12.6 Å². The van der Waals surface area contributed by atoms with Crippen molar-refractivity contribution in [3.05, 3.63) is 51.7 Å². The molecule has 19 heavy (non-hydrogen) atoms. The van der Waals surface area contributed by atoms with Gasteiger partial charge in [-0.05, 0) is 30.5 Å². The Bertz CT molecular complexity index is 542. The van der Waals surface area contributed by atoms with Gasteiger partial charge in [-0.1, -0.05) is 29.8 Å². The molecule has 0 spiro atoms. The average Bonchev–Trinajstić information content (AvgIpc) is 2.91. The summed E-state index contributed by atoms with van der Waals surface area (Å²) < 4.78 is 5.10. The minimum Gasteiger partial charge on any atom is -0.464 e. The summed E-state index contributed by atoms with van der Waals surface area (Å²) in [6, 6.07) is 10.6. The highest BCUT2D eigenvalue weighted by Gasteiger charge is 2.23. The number of hydrogen-bond donors (Lipinski definition) is 1. The number of para-hydroxylation sites is 1. The number of carbonyl (C=O) groups is 1. The topological polar surface area (TPSA) is 38.3 Å². The van der Waals surface area contributed by atoms with E-state index in [9.17, 15) is 4.79 Å². The van der Waals surface area contributed by atoms with Crippen molar-refractivity contribution in [3.8, 4) is 0 Å². The molecule has 0 aliphatic carbocycles. The molecule has 0 aliphatic rings. The average molecular weight is 296 g/mol. The fourth-order valence-electron chi connectivity index (χ4n) is 1.66. The lowest BCUT2D eigenvalue weighted by Gasteiger charge is -2.17. The van der Waals surface area contributed by atoms with Crippen LogP contribution in [0.2, 0.25) is 5.02 Å². The van der Waals surface area contributed by atoms with E-state index in [2.05, 4.69) is 5.32 Å². The zero-order valence-electron chi connectivity index (χ0n) is 10.4. The lowest BCUT2D eigenvalue weighted by atomic mass is 10.2. The molecule has 0 saturated heterocycles. The molecule has 2 aromatic rings. The number of benzene rings is 1. The Morgan fingerprint density at radius 2 is 2.16 bits per heavy atom. The second kappa shape index (κ2) is 6.59. The van der Waals surface area contributed by atoms with E-state index in [1.165, 1.54) is 11.3 Å². The Morgan fingerprint density at radius 1 is 1.37 bits per heavy atom. The summed E-state index contributed by atoms with van der Waals surface area (Å²) in [6.07, 6.45) is 0. The maximum absolute atomic E-state index is 12.0. The Kier molecular flexibility index (Phi) is 4.82. The number of ether oxygens (including phenoxy) is 1. The van der Waals surface area contributed by atoms with E-state index >= 15 is 0 Å². The highest BCUT2D eigenvalue weighted by atomic mass is 35.5. The summed E-state index contributed by atoms with van der Waals surface area (Å²) in [5.41, 5.74) is 0.718. The van der Waals surface area contributed by atoms with Gasteiger partial charge in [-0.15, -0.1) is 11.3 Å². The summed E-state index contributed by atoms with van der Waals surface area (Å²) in [5.74, 6) is -0.301. The van der Waals surface area contributed by atoms with E-state index in [-0.39, 0.29) is 5.97 Å². The molecular formula is C14H14ClNO2S. The molecule has 1 aromatic heterocycles. The highest BCUT2D eigenvalue weighted by Crippen LogP contribution is 2.28. The largest absolute Gasteiger partial charge is 0.464 e.